The largest absolute Gasteiger partial charge is 0.0609 e. The molecule has 0 aliphatic rings. The van der Waals surface area contributed by atoms with Crippen LogP contribution in [0.5, 0.6) is 0 Å². The molecule has 1 aromatic rings. The smallest absolute Gasteiger partial charge is 0.0178 e. The van der Waals surface area contributed by atoms with Crippen LogP contribution >= 0.6 is 15.9 Å². The third-order valence-corrected chi connectivity index (χ3v) is 1.91. The quantitative estimate of drug-likeness (QED) is 0.648. The van der Waals surface area contributed by atoms with Crippen molar-refractivity contribution in [2.45, 2.75) is 12.8 Å². The maximum absolute atomic E-state index is 3.93. The van der Waals surface area contributed by atoms with Gasteiger partial charge in [0.05, 0.1) is 0 Å². The van der Waals surface area contributed by atoms with E-state index in [0.717, 1.165) is 4.47 Å². The van der Waals surface area contributed by atoms with E-state index in [2.05, 4.69) is 41.9 Å². The average molecular weight is 198 g/mol. The van der Waals surface area contributed by atoms with E-state index in [1.165, 1.54) is 5.56 Å². The SMILES string of the molecule is [CH2]C(C)c1cccc(Br)c1. The molecular formula is C9H10Br. The van der Waals surface area contributed by atoms with E-state index in [-0.39, 0.29) is 0 Å². The normalized spacial score (nSPS) is 10.4. The molecule has 1 rings (SSSR count). The molecule has 0 saturated carbocycles. The molecule has 1 heteroatoms. The molecule has 0 N–H and O–H groups in total. The number of rotatable bonds is 1. The lowest BCUT2D eigenvalue weighted by Gasteiger charge is -2.03. The molecule has 0 amide bonds. The van der Waals surface area contributed by atoms with Gasteiger partial charge in [0.15, 0.2) is 0 Å². The topological polar surface area (TPSA) is 0 Å². The van der Waals surface area contributed by atoms with Crippen molar-refractivity contribution in [2.75, 3.05) is 0 Å². The van der Waals surface area contributed by atoms with Crippen LogP contribution in [0.3, 0.4) is 0 Å². The second-order valence-electron chi connectivity index (χ2n) is 2.46. The predicted molar refractivity (Wildman–Crippen MR) is 47.9 cm³/mol. The molecule has 0 nitrogen and oxygen atoms in total. The van der Waals surface area contributed by atoms with E-state index >= 15 is 0 Å². The first-order valence-electron chi connectivity index (χ1n) is 3.28. The van der Waals surface area contributed by atoms with Crippen molar-refractivity contribution >= 4 is 15.9 Å². The molecule has 1 aromatic carbocycles. The van der Waals surface area contributed by atoms with Crippen molar-refractivity contribution in [3.05, 3.63) is 41.2 Å². The van der Waals surface area contributed by atoms with Gasteiger partial charge in [-0.2, -0.15) is 0 Å². The van der Waals surface area contributed by atoms with E-state index in [9.17, 15) is 0 Å². The number of benzene rings is 1. The maximum Gasteiger partial charge on any atom is 0.0178 e. The van der Waals surface area contributed by atoms with Gasteiger partial charge in [-0.1, -0.05) is 35.0 Å². The van der Waals surface area contributed by atoms with Crippen LogP contribution in [0.1, 0.15) is 18.4 Å². The number of hydrogen-bond donors (Lipinski definition) is 0. The first kappa shape index (κ1) is 7.80. The Morgan fingerprint density at radius 3 is 2.60 bits per heavy atom. The van der Waals surface area contributed by atoms with Gasteiger partial charge in [-0.05, 0) is 30.5 Å². The summed E-state index contributed by atoms with van der Waals surface area (Å²) in [6.07, 6.45) is 0. The minimum atomic E-state index is 0.373. The molecule has 0 heterocycles. The van der Waals surface area contributed by atoms with Crippen LogP contribution in [0.2, 0.25) is 0 Å². The van der Waals surface area contributed by atoms with Crippen LogP contribution in [-0.2, 0) is 0 Å². The molecule has 1 unspecified atom stereocenters. The maximum atomic E-state index is 3.93. The summed E-state index contributed by atoms with van der Waals surface area (Å²) < 4.78 is 1.13. The first-order valence-corrected chi connectivity index (χ1v) is 4.08. The molecule has 0 bridgehead atoms. The third-order valence-electron chi connectivity index (χ3n) is 1.42. The molecule has 0 aliphatic heterocycles. The van der Waals surface area contributed by atoms with Gasteiger partial charge in [-0.3, -0.25) is 0 Å². The monoisotopic (exact) mass is 197 g/mol. The fourth-order valence-electron chi connectivity index (χ4n) is 0.813. The van der Waals surface area contributed by atoms with E-state index < -0.39 is 0 Å². The highest BCUT2D eigenvalue weighted by molar-refractivity contribution is 9.10. The fourth-order valence-corrected chi connectivity index (χ4v) is 1.23. The lowest BCUT2D eigenvalue weighted by Crippen LogP contribution is -1.85. The summed E-state index contributed by atoms with van der Waals surface area (Å²) >= 11 is 3.40. The lowest BCUT2D eigenvalue weighted by atomic mass is 10.0. The molecule has 0 saturated heterocycles. The Balaban J connectivity index is 2.96. The highest BCUT2D eigenvalue weighted by Crippen LogP contribution is 2.18. The summed E-state index contributed by atoms with van der Waals surface area (Å²) in [5.41, 5.74) is 1.27. The highest BCUT2D eigenvalue weighted by Gasteiger charge is 1.97. The third kappa shape index (κ3) is 1.84. The Bertz CT molecular complexity index is 216. The van der Waals surface area contributed by atoms with Crippen molar-refractivity contribution < 1.29 is 0 Å². The first-order chi connectivity index (χ1) is 4.70. The van der Waals surface area contributed by atoms with Crippen LogP contribution in [-0.4, -0.2) is 0 Å². The Morgan fingerprint density at radius 2 is 2.20 bits per heavy atom. The van der Waals surface area contributed by atoms with Gasteiger partial charge in [-0.15, -0.1) is 0 Å². The van der Waals surface area contributed by atoms with Crippen LogP contribution in [0.25, 0.3) is 0 Å². The summed E-state index contributed by atoms with van der Waals surface area (Å²) in [5, 5.41) is 0. The summed E-state index contributed by atoms with van der Waals surface area (Å²) in [4.78, 5) is 0. The molecule has 0 aromatic heterocycles. The summed E-state index contributed by atoms with van der Waals surface area (Å²) in [6.45, 7) is 6.01. The van der Waals surface area contributed by atoms with Crippen LogP contribution in [0.4, 0.5) is 0 Å². The number of halogens is 1. The van der Waals surface area contributed by atoms with Gasteiger partial charge in [0.2, 0.25) is 0 Å². The van der Waals surface area contributed by atoms with Gasteiger partial charge in [0, 0.05) is 4.47 Å². The van der Waals surface area contributed by atoms with Crippen molar-refractivity contribution in [3.63, 3.8) is 0 Å². The zero-order chi connectivity index (χ0) is 7.56. The van der Waals surface area contributed by atoms with Gasteiger partial charge in [0.1, 0.15) is 0 Å². The van der Waals surface area contributed by atoms with Crippen molar-refractivity contribution in [1.29, 1.82) is 0 Å². The Hall–Kier alpha value is -0.300. The predicted octanol–water partition coefficient (Wildman–Crippen LogP) is 3.39. The van der Waals surface area contributed by atoms with Crippen LogP contribution in [0, 0.1) is 6.92 Å². The molecule has 0 spiro atoms. The fraction of sp³-hybridized carbons (Fsp3) is 0.222. The molecule has 0 aliphatic carbocycles. The average Bonchev–Trinajstić information content (AvgIpc) is 1.88. The van der Waals surface area contributed by atoms with Gasteiger partial charge < -0.3 is 0 Å². The molecule has 1 radical (unpaired) electrons. The second-order valence-corrected chi connectivity index (χ2v) is 3.37. The van der Waals surface area contributed by atoms with Crippen molar-refractivity contribution in [1.82, 2.24) is 0 Å². The summed E-state index contributed by atoms with van der Waals surface area (Å²) in [5.74, 6) is 0.373. The molecule has 53 valence electrons. The Kier molecular flexibility index (Phi) is 2.50. The van der Waals surface area contributed by atoms with E-state index in [1.807, 2.05) is 12.1 Å². The van der Waals surface area contributed by atoms with Crippen molar-refractivity contribution in [2.24, 2.45) is 0 Å². The van der Waals surface area contributed by atoms with Crippen molar-refractivity contribution in [3.8, 4) is 0 Å². The van der Waals surface area contributed by atoms with Gasteiger partial charge in [0.25, 0.3) is 0 Å². The summed E-state index contributed by atoms with van der Waals surface area (Å²) in [7, 11) is 0. The Morgan fingerprint density at radius 1 is 1.50 bits per heavy atom. The minimum Gasteiger partial charge on any atom is -0.0609 e. The minimum absolute atomic E-state index is 0.373. The van der Waals surface area contributed by atoms with Gasteiger partial charge >= 0.3 is 0 Å². The molecule has 0 fully saturated rings. The zero-order valence-corrected chi connectivity index (χ0v) is 7.56. The van der Waals surface area contributed by atoms with Gasteiger partial charge in [-0.25, -0.2) is 0 Å². The molecular weight excluding hydrogens is 188 g/mol. The number of hydrogen-bond acceptors (Lipinski definition) is 0. The van der Waals surface area contributed by atoms with E-state index in [4.69, 9.17) is 0 Å². The standard InChI is InChI=1S/C9H10Br/c1-7(2)8-4-3-5-9(10)6-8/h3-7H,1H2,2H3. The van der Waals surface area contributed by atoms with Crippen LogP contribution in [0.15, 0.2) is 28.7 Å². The zero-order valence-electron chi connectivity index (χ0n) is 5.97. The molecule has 1 atom stereocenters. The summed E-state index contributed by atoms with van der Waals surface area (Å²) in [6, 6.07) is 8.23. The van der Waals surface area contributed by atoms with E-state index in [1.54, 1.807) is 0 Å². The molecule has 10 heavy (non-hydrogen) atoms. The highest BCUT2D eigenvalue weighted by atomic mass is 79.9. The second kappa shape index (κ2) is 3.20. The lowest BCUT2D eigenvalue weighted by molar-refractivity contribution is 0.963. The van der Waals surface area contributed by atoms with E-state index in [0.29, 0.717) is 5.92 Å². The Labute approximate surface area is 70.4 Å². The van der Waals surface area contributed by atoms with Crippen LogP contribution < -0.4 is 0 Å².